The van der Waals surface area contributed by atoms with Gasteiger partial charge in [0.25, 0.3) is 5.91 Å². The Labute approximate surface area is 194 Å². The van der Waals surface area contributed by atoms with E-state index in [-0.39, 0.29) is 6.42 Å². The molecule has 0 spiro atoms. The Bertz CT molecular complexity index is 1290. The van der Waals surface area contributed by atoms with Gasteiger partial charge in [-0.25, -0.2) is 5.43 Å². The van der Waals surface area contributed by atoms with Gasteiger partial charge in [-0.1, -0.05) is 76.6 Å². The van der Waals surface area contributed by atoms with E-state index in [1.807, 2.05) is 66.7 Å². The number of halogens is 1. The van der Waals surface area contributed by atoms with Crippen LogP contribution >= 0.6 is 15.9 Å². The summed E-state index contributed by atoms with van der Waals surface area (Å²) in [6, 6.07) is 32.2. The van der Waals surface area contributed by atoms with Crippen LogP contribution in [0.2, 0.25) is 0 Å². The number of hydrogen-bond donors (Lipinski definition) is 1. The Morgan fingerprint density at radius 3 is 2.22 bits per heavy atom. The van der Waals surface area contributed by atoms with Gasteiger partial charge in [0.05, 0.1) is 23.7 Å². The van der Waals surface area contributed by atoms with Crippen molar-refractivity contribution in [3.05, 3.63) is 101 Å². The summed E-state index contributed by atoms with van der Waals surface area (Å²) >= 11 is 3.52. The molecule has 0 aliphatic carbocycles. The Balaban J connectivity index is 1.93. The van der Waals surface area contributed by atoms with Crippen LogP contribution in [0.3, 0.4) is 0 Å². The third kappa shape index (κ3) is 4.69. The number of nitriles is 1. The molecule has 1 amide bonds. The van der Waals surface area contributed by atoms with Crippen LogP contribution in [-0.4, -0.2) is 16.7 Å². The van der Waals surface area contributed by atoms with E-state index in [0.717, 1.165) is 38.2 Å². The molecule has 0 aliphatic heterocycles. The molecule has 0 unspecified atom stereocenters. The minimum absolute atomic E-state index is 0.238. The highest BCUT2D eigenvalue weighted by Gasteiger charge is 2.18. The number of hydrogen-bond acceptors (Lipinski definition) is 3. The van der Waals surface area contributed by atoms with Gasteiger partial charge in [-0.2, -0.15) is 10.4 Å². The van der Waals surface area contributed by atoms with Crippen molar-refractivity contribution in [3.63, 3.8) is 0 Å². The Morgan fingerprint density at radius 2 is 1.59 bits per heavy atom. The van der Waals surface area contributed by atoms with E-state index in [9.17, 15) is 4.79 Å². The van der Waals surface area contributed by atoms with E-state index in [1.165, 1.54) is 0 Å². The third-order valence-electron chi connectivity index (χ3n) is 4.86. The van der Waals surface area contributed by atoms with Crippen molar-refractivity contribution in [1.29, 1.82) is 5.26 Å². The average molecular weight is 483 g/mol. The molecule has 3 aromatic carbocycles. The molecule has 4 rings (SSSR count). The summed E-state index contributed by atoms with van der Waals surface area (Å²) in [6.07, 6.45) is 1.39. The van der Waals surface area contributed by atoms with Crippen molar-refractivity contribution in [2.75, 3.05) is 0 Å². The first-order chi connectivity index (χ1) is 15.7. The average Bonchev–Trinajstić information content (AvgIpc) is 3.20. The lowest BCUT2D eigenvalue weighted by atomic mass is 10.1. The first-order valence-corrected chi connectivity index (χ1v) is 10.8. The van der Waals surface area contributed by atoms with Gasteiger partial charge in [-0.3, -0.25) is 4.79 Å². The molecule has 0 radical (unpaired) electrons. The van der Waals surface area contributed by atoms with E-state index >= 15 is 0 Å². The lowest BCUT2D eigenvalue weighted by Gasteiger charge is -2.15. The first-order valence-electron chi connectivity index (χ1n) is 9.99. The molecule has 4 aromatic rings. The monoisotopic (exact) mass is 482 g/mol. The number of amides is 1. The molecule has 0 fully saturated rings. The summed E-state index contributed by atoms with van der Waals surface area (Å²) in [6.45, 7) is 0. The van der Waals surface area contributed by atoms with Crippen LogP contribution in [-0.2, 0) is 4.79 Å². The lowest BCUT2D eigenvalue weighted by Crippen LogP contribution is -2.16. The van der Waals surface area contributed by atoms with Gasteiger partial charge in [0.1, 0.15) is 6.42 Å². The highest BCUT2D eigenvalue weighted by molar-refractivity contribution is 9.10. The van der Waals surface area contributed by atoms with Gasteiger partial charge in [0.2, 0.25) is 0 Å². The maximum Gasteiger partial charge on any atom is 0.254 e. The van der Waals surface area contributed by atoms with Gasteiger partial charge in [-0.15, -0.1) is 0 Å². The summed E-state index contributed by atoms with van der Waals surface area (Å²) < 4.78 is 3.19. The summed E-state index contributed by atoms with van der Waals surface area (Å²) in [5.41, 5.74) is 8.28. The fraction of sp³-hybridized carbons (Fsp3) is 0.0385. The fourth-order valence-corrected chi connectivity index (χ4v) is 3.75. The summed E-state index contributed by atoms with van der Waals surface area (Å²) in [5.74, 6) is -0.444. The van der Waals surface area contributed by atoms with E-state index < -0.39 is 5.91 Å². The highest BCUT2D eigenvalue weighted by Crippen LogP contribution is 2.35. The van der Waals surface area contributed by atoms with Gasteiger partial charge in [0, 0.05) is 15.7 Å². The molecule has 6 heteroatoms. The van der Waals surface area contributed by atoms with Crippen LogP contribution in [0, 0.1) is 11.3 Å². The highest BCUT2D eigenvalue weighted by atomic mass is 79.9. The molecule has 1 heterocycles. The number of benzene rings is 3. The first kappa shape index (κ1) is 21.3. The van der Waals surface area contributed by atoms with Crippen LogP contribution in [0.25, 0.3) is 28.2 Å². The van der Waals surface area contributed by atoms with Crippen LogP contribution in [0.15, 0.2) is 101 Å². The van der Waals surface area contributed by atoms with Crippen LogP contribution in [0.1, 0.15) is 12.0 Å². The molecule has 0 saturated heterocycles. The smallest absolute Gasteiger partial charge is 0.254 e. The number of carbonyl (C=O) groups is 1. The third-order valence-corrected chi connectivity index (χ3v) is 5.39. The number of hydrazone groups is 1. The molecule has 0 atom stereocenters. The van der Waals surface area contributed by atoms with E-state index in [1.54, 1.807) is 6.21 Å². The Hall–Kier alpha value is -3.95. The normalized spacial score (nSPS) is 10.8. The van der Waals surface area contributed by atoms with Crippen molar-refractivity contribution in [1.82, 2.24) is 9.99 Å². The second-order valence-corrected chi connectivity index (χ2v) is 7.92. The quantitative estimate of drug-likeness (QED) is 0.273. The minimum Gasteiger partial charge on any atom is -0.309 e. The molecule has 0 bridgehead atoms. The van der Waals surface area contributed by atoms with E-state index in [2.05, 4.69) is 61.4 Å². The van der Waals surface area contributed by atoms with Crippen molar-refractivity contribution < 1.29 is 4.79 Å². The van der Waals surface area contributed by atoms with Crippen molar-refractivity contribution in [2.24, 2.45) is 5.10 Å². The second kappa shape index (κ2) is 9.90. The topological polar surface area (TPSA) is 70.2 Å². The maximum absolute atomic E-state index is 11.7. The number of nitrogens with one attached hydrogen (secondary N) is 1. The number of nitrogens with zero attached hydrogens (tertiary/aromatic N) is 3. The molecular formula is C26H19BrN4O. The van der Waals surface area contributed by atoms with Crippen molar-refractivity contribution in [3.8, 4) is 34.3 Å². The van der Waals surface area contributed by atoms with Crippen molar-refractivity contribution in [2.45, 2.75) is 6.42 Å². The van der Waals surface area contributed by atoms with Gasteiger partial charge in [-0.05, 0) is 41.5 Å². The molecule has 32 heavy (non-hydrogen) atoms. The largest absolute Gasteiger partial charge is 0.309 e. The standard InChI is InChI=1S/C26H19BrN4O/c27-22-11-13-23(14-12-22)31-24(19-7-3-1-4-8-19)17-21(18-29-30-25(32)15-16-28)26(31)20-9-5-2-6-10-20/h1-14,17-18H,15H2,(H,30,32)/b29-18+. The predicted molar refractivity (Wildman–Crippen MR) is 130 cm³/mol. The minimum atomic E-state index is -0.444. The zero-order valence-corrected chi connectivity index (χ0v) is 18.7. The Kier molecular flexibility index (Phi) is 6.59. The fourth-order valence-electron chi connectivity index (χ4n) is 3.48. The van der Waals surface area contributed by atoms with Crippen molar-refractivity contribution >= 4 is 28.1 Å². The second-order valence-electron chi connectivity index (χ2n) is 7.01. The lowest BCUT2D eigenvalue weighted by molar-refractivity contribution is -0.120. The molecule has 5 nitrogen and oxygen atoms in total. The zero-order chi connectivity index (χ0) is 22.3. The van der Waals surface area contributed by atoms with Gasteiger partial charge >= 0.3 is 0 Å². The molecule has 1 aromatic heterocycles. The number of aromatic nitrogens is 1. The van der Waals surface area contributed by atoms with Gasteiger partial charge < -0.3 is 4.57 Å². The summed E-state index contributed by atoms with van der Waals surface area (Å²) in [5, 5.41) is 12.8. The summed E-state index contributed by atoms with van der Waals surface area (Å²) in [7, 11) is 0. The maximum atomic E-state index is 11.7. The SMILES string of the molecule is N#CCC(=O)N/N=C/c1cc(-c2ccccc2)n(-c2ccc(Br)cc2)c1-c1ccccc1. The molecule has 0 aliphatic rings. The predicted octanol–water partition coefficient (Wildman–Crippen LogP) is 5.94. The molecular weight excluding hydrogens is 464 g/mol. The molecule has 1 N–H and O–H groups in total. The van der Waals surface area contributed by atoms with Gasteiger partial charge in [0.15, 0.2) is 0 Å². The molecule has 156 valence electrons. The van der Waals surface area contributed by atoms with Crippen LogP contribution in [0.4, 0.5) is 0 Å². The number of carbonyl (C=O) groups excluding carboxylic acids is 1. The Morgan fingerprint density at radius 1 is 0.969 bits per heavy atom. The zero-order valence-electron chi connectivity index (χ0n) is 17.1. The molecule has 0 saturated carbocycles. The van der Waals surface area contributed by atoms with Crippen LogP contribution in [0.5, 0.6) is 0 Å². The summed E-state index contributed by atoms with van der Waals surface area (Å²) in [4.78, 5) is 11.7. The number of rotatable bonds is 6. The van der Waals surface area contributed by atoms with E-state index in [4.69, 9.17) is 5.26 Å². The van der Waals surface area contributed by atoms with E-state index in [0.29, 0.717) is 0 Å². The van der Waals surface area contributed by atoms with Crippen LogP contribution < -0.4 is 5.43 Å².